The average Bonchev–Trinajstić information content (AvgIpc) is 2.66. The maximum absolute atomic E-state index is 4.69. The average molecular weight is 224 g/mol. The van der Waals surface area contributed by atoms with E-state index in [1.54, 1.807) is 0 Å². The van der Waals surface area contributed by atoms with E-state index in [0.29, 0.717) is 6.04 Å². The fourth-order valence-corrected chi connectivity index (χ4v) is 2.17. The summed E-state index contributed by atoms with van der Waals surface area (Å²) in [6.45, 7) is 4.96. The summed E-state index contributed by atoms with van der Waals surface area (Å²) >= 11 is 0. The Kier molecular flexibility index (Phi) is 3.90. The standard InChI is InChI=1S/C11H20N4O/c1-9-11(14-16-13-9)8-15(2)7-10-5-3-4-6-12-10/h10,12H,3-8H2,1-2H3. The first-order valence-electron chi connectivity index (χ1n) is 5.95. The summed E-state index contributed by atoms with van der Waals surface area (Å²) in [6, 6.07) is 0.624. The molecule has 1 aromatic rings. The fraction of sp³-hybridized carbons (Fsp3) is 0.818. The summed E-state index contributed by atoms with van der Waals surface area (Å²) in [5.74, 6) is 0. The van der Waals surface area contributed by atoms with Gasteiger partial charge in [0.15, 0.2) is 0 Å². The van der Waals surface area contributed by atoms with Crippen LogP contribution in [0, 0.1) is 6.92 Å². The third-order valence-corrected chi connectivity index (χ3v) is 3.11. The van der Waals surface area contributed by atoms with Gasteiger partial charge in [-0.05, 0) is 33.4 Å². The van der Waals surface area contributed by atoms with Crippen molar-refractivity contribution in [2.24, 2.45) is 0 Å². The van der Waals surface area contributed by atoms with E-state index >= 15 is 0 Å². The zero-order chi connectivity index (χ0) is 11.4. The van der Waals surface area contributed by atoms with Crippen LogP contribution in [0.2, 0.25) is 0 Å². The van der Waals surface area contributed by atoms with Gasteiger partial charge in [0, 0.05) is 19.1 Å². The molecule has 1 saturated heterocycles. The number of piperidine rings is 1. The zero-order valence-corrected chi connectivity index (χ0v) is 10.1. The molecular formula is C11H20N4O. The van der Waals surface area contributed by atoms with Crippen molar-refractivity contribution in [1.82, 2.24) is 20.5 Å². The number of likely N-dealkylation sites (N-methyl/N-ethyl adjacent to an activating group) is 1. The van der Waals surface area contributed by atoms with E-state index in [0.717, 1.165) is 31.0 Å². The van der Waals surface area contributed by atoms with Gasteiger partial charge >= 0.3 is 0 Å². The Bertz CT molecular complexity index is 320. The number of aryl methyl sites for hydroxylation is 1. The molecule has 0 radical (unpaired) electrons. The van der Waals surface area contributed by atoms with Gasteiger partial charge in [-0.25, -0.2) is 4.63 Å². The second kappa shape index (κ2) is 5.41. The molecule has 1 N–H and O–H groups in total. The Balaban J connectivity index is 1.79. The van der Waals surface area contributed by atoms with Gasteiger partial charge in [-0.1, -0.05) is 16.7 Å². The summed E-state index contributed by atoms with van der Waals surface area (Å²) in [4.78, 5) is 2.27. The van der Waals surface area contributed by atoms with Crippen molar-refractivity contribution < 1.29 is 4.63 Å². The molecule has 1 unspecified atom stereocenters. The van der Waals surface area contributed by atoms with E-state index in [4.69, 9.17) is 4.63 Å². The molecule has 1 aliphatic heterocycles. The first kappa shape index (κ1) is 11.5. The van der Waals surface area contributed by atoms with E-state index in [9.17, 15) is 0 Å². The second-order valence-corrected chi connectivity index (χ2v) is 4.64. The van der Waals surface area contributed by atoms with Gasteiger partial charge in [-0.2, -0.15) is 0 Å². The summed E-state index contributed by atoms with van der Waals surface area (Å²) < 4.78 is 4.69. The van der Waals surface area contributed by atoms with Crippen LogP contribution in [0.4, 0.5) is 0 Å². The molecule has 1 aliphatic rings. The van der Waals surface area contributed by atoms with Crippen LogP contribution in [0.3, 0.4) is 0 Å². The lowest BCUT2D eigenvalue weighted by Gasteiger charge is -2.27. The van der Waals surface area contributed by atoms with Crippen molar-refractivity contribution in [3.8, 4) is 0 Å². The molecule has 2 rings (SSSR count). The van der Waals surface area contributed by atoms with Gasteiger partial charge in [0.05, 0.1) is 0 Å². The molecule has 0 spiro atoms. The summed E-state index contributed by atoms with van der Waals surface area (Å²) in [5.41, 5.74) is 1.83. The van der Waals surface area contributed by atoms with Crippen molar-refractivity contribution in [1.29, 1.82) is 0 Å². The predicted octanol–water partition coefficient (Wildman–Crippen LogP) is 0.952. The van der Waals surface area contributed by atoms with Gasteiger partial charge in [0.2, 0.25) is 0 Å². The van der Waals surface area contributed by atoms with Gasteiger partial charge in [0.25, 0.3) is 0 Å². The van der Waals surface area contributed by atoms with Crippen LogP contribution in [0.1, 0.15) is 30.7 Å². The van der Waals surface area contributed by atoms with Gasteiger partial charge < -0.3 is 5.32 Å². The molecular weight excluding hydrogens is 204 g/mol. The molecule has 5 heteroatoms. The minimum absolute atomic E-state index is 0.624. The molecule has 1 fully saturated rings. The van der Waals surface area contributed by atoms with Crippen LogP contribution in [0.15, 0.2) is 4.63 Å². The molecule has 1 aromatic heterocycles. The number of hydrogen-bond acceptors (Lipinski definition) is 5. The van der Waals surface area contributed by atoms with E-state index in [1.807, 2.05) is 6.92 Å². The number of aromatic nitrogens is 2. The number of rotatable bonds is 4. The third-order valence-electron chi connectivity index (χ3n) is 3.11. The molecule has 0 amide bonds. The summed E-state index contributed by atoms with van der Waals surface area (Å²) in [5, 5.41) is 11.2. The van der Waals surface area contributed by atoms with Gasteiger partial charge in [-0.15, -0.1) is 0 Å². The van der Waals surface area contributed by atoms with E-state index < -0.39 is 0 Å². The van der Waals surface area contributed by atoms with E-state index in [1.165, 1.54) is 19.3 Å². The van der Waals surface area contributed by atoms with Crippen molar-refractivity contribution in [3.05, 3.63) is 11.4 Å². The SMILES string of the molecule is Cc1nonc1CN(C)CC1CCCCN1. The highest BCUT2D eigenvalue weighted by molar-refractivity contribution is 5.04. The Morgan fingerprint density at radius 3 is 2.94 bits per heavy atom. The molecule has 0 aromatic carbocycles. The lowest BCUT2D eigenvalue weighted by Crippen LogP contribution is -2.42. The fourth-order valence-electron chi connectivity index (χ4n) is 2.17. The van der Waals surface area contributed by atoms with E-state index in [2.05, 4.69) is 27.6 Å². The molecule has 90 valence electrons. The van der Waals surface area contributed by atoms with Crippen LogP contribution in [-0.4, -0.2) is 41.4 Å². The topological polar surface area (TPSA) is 54.2 Å². The molecule has 0 bridgehead atoms. The first-order valence-corrected chi connectivity index (χ1v) is 5.95. The summed E-state index contributed by atoms with van der Waals surface area (Å²) in [6.07, 6.45) is 3.93. The molecule has 0 aliphatic carbocycles. The Hall–Kier alpha value is -0.940. The quantitative estimate of drug-likeness (QED) is 0.825. The molecule has 16 heavy (non-hydrogen) atoms. The highest BCUT2D eigenvalue weighted by Crippen LogP contribution is 2.10. The molecule has 5 nitrogen and oxygen atoms in total. The maximum atomic E-state index is 4.69. The van der Waals surface area contributed by atoms with Crippen LogP contribution >= 0.6 is 0 Å². The Labute approximate surface area is 96.2 Å². The van der Waals surface area contributed by atoms with Crippen molar-refractivity contribution >= 4 is 0 Å². The smallest absolute Gasteiger partial charge is 0.122 e. The lowest BCUT2D eigenvalue weighted by molar-refractivity contribution is 0.246. The van der Waals surface area contributed by atoms with Crippen LogP contribution in [0.5, 0.6) is 0 Å². The predicted molar refractivity (Wildman–Crippen MR) is 61.0 cm³/mol. The number of nitrogens with zero attached hydrogens (tertiary/aromatic N) is 3. The summed E-state index contributed by atoms with van der Waals surface area (Å²) in [7, 11) is 2.12. The van der Waals surface area contributed by atoms with Crippen molar-refractivity contribution in [2.75, 3.05) is 20.1 Å². The Morgan fingerprint density at radius 1 is 1.44 bits per heavy atom. The molecule has 0 saturated carbocycles. The highest BCUT2D eigenvalue weighted by Gasteiger charge is 2.16. The Morgan fingerprint density at radius 2 is 2.31 bits per heavy atom. The molecule has 2 heterocycles. The second-order valence-electron chi connectivity index (χ2n) is 4.64. The normalized spacial score (nSPS) is 21.6. The minimum Gasteiger partial charge on any atom is -0.313 e. The number of hydrogen-bond donors (Lipinski definition) is 1. The van der Waals surface area contributed by atoms with Crippen LogP contribution < -0.4 is 5.32 Å². The zero-order valence-electron chi connectivity index (χ0n) is 10.1. The lowest BCUT2D eigenvalue weighted by atomic mass is 10.0. The van der Waals surface area contributed by atoms with Crippen molar-refractivity contribution in [2.45, 2.75) is 38.8 Å². The van der Waals surface area contributed by atoms with E-state index in [-0.39, 0.29) is 0 Å². The van der Waals surface area contributed by atoms with Crippen molar-refractivity contribution in [3.63, 3.8) is 0 Å². The third kappa shape index (κ3) is 3.02. The molecule has 1 atom stereocenters. The minimum atomic E-state index is 0.624. The monoisotopic (exact) mass is 224 g/mol. The van der Waals surface area contributed by atoms with Gasteiger partial charge in [-0.3, -0.25) is 4.90 Å². The largest absolute Gasteiger partial charge is 0.313 e. The van der Waals surface area contributed by atoms with Crippen LogP contribution in [0.25, 0.3) is 0 Å². The first-order chi connectivity index (χ1) is 7.75. The highest BCUT2D eigenvalue weighted by atomic mass is 16.6. The van der Waals surface area contributed by atoms with Crippen LogP contribution in [-0.2, 0) is 6.54 Å². The van der Waals surface area contributed by atoms with Gasteiger partial charge in [0.1, 0.15) is 11.4 Å². The number of nitrogens with one attached hydrogen (secondary N) is 1. The maximum Gasteiger partial charge on any atom is 0.122 e.